The van der Waals surface area contributed by atoms with E-state index in [1.54, 1.807) is 0 Å². The standard InChI is InChI=1S/C11H25N3O/c1-4-8-14(6-3)9-7-10(11(12)15)13-5-2/h10,13H,4-9H2,1-3H3,(H2,12,15). The summed E-state index contributed by atoms with van der Waals surface area (Å²) >= 11 is 0. The highest BCUT2D eigenvalue weighted by Gasteiger charge is 2.14. The van der Waals surface area contributed by atoms with Gasteiger partial charge in [0.2, 0.25) is 5.91 Å². The van der Waals surface area contributed by atoms with Gasteiger partial charge in [0.15, 0.2) is 0 Å². The normalized spacial score (nSPS) is 13.1. The van der Waals surface area contributed by atoms with E-state index in [2.05, 4.69) is 24.1 Å². The topological polar surface area (TPSA) is 58.4 Å². The van der Waals surface area contributed by atoms with E-state index in [9.17, 15) is 4.79 Å². The van der Waals surface area contributed by atoms with Gasteiger partial charge in [-0.05, 0) is 32.5 Å². The fourth-order valence-corrected chi connectivity index (χ4v) is 1.65. The van der Waals surface area contributed by atoms with Gasteiger partial charge in [0, 0.05) is 6.54 Å². The van der Waals surface area contributed by atoms with Crippen LogP contribution in [0.5, 0.6) is 0 Å². The number of nitrogens with two attached hydrogens (primary N) is 1. The monoisotopic (exact) mass is 215 g/mol. The molecule has 0 aliphatic rings. The lowest BCUT2D eigenvalue weighted by atomic mass is 10.2. The molecule has 0 spiro atoms. The fourth-order valence-electron chi connectivity index (χ4n) is 1.65. The molecule has 0 rings (SSSR count). The molecule has 4 nitrogen and oxygen atoms in total. The summed E-state index contributed by atoms with van der Waals surface area (Å²) < 4.78 is 0. The van der Waals surface area contributed by atoms with E-state index >= 15 is 0 Å². The molecule has 0 bridgehead atoms. The van der Waals surface area contributed by atoms with Crippen molar-refractivity contribution in [3.63, 3.8) is 0 Å². The zero-order valence-electron chi connectivity index (χ0n) is 10.3. The van der Waals surface area contributed by atoms with Crippen LogP contribution in [0.4, 0.5) is 0 Å². The lowest BCUT2D eigenvalue weighted by Gasteiger charge is -2.22. The summed E-state index contributed by atoms with van der Waals surface area (Å²) in [4.78, 5) is 13.4. The van der Waals surface area contributed by atoms with Crippen LogP contribution in [-0.2, 0) is 4.79 Å². The Balaban J connectivity index is 3.90. The molecule has 1 atom stereocenters. The molecule has 0 aromatic carbocycles. The number of nitrogens with one attached hydrogen (secondary N) is 1. The van der Waals surface area contributed by atoms with Crippen molar-refractivity contribution in [1.29, 1.82) is 0 Å². The van der Waals surface area contributed by atoms with Gasteiger partial charge in [0.25, 0.3) is 0 Å². The number of amides is 1. The molecule has 0 fully saturated rings. The lowest BCUT2D eigenvalue weighted by Crippen LogP contribution is -2.43. The van der Waals surface area contributed by atoms with Crippen molar-refractivity contribution in [2.45, 2.75) is 39.7 Å². The van der Waals surface area contributed by atoms with Gasteiger partial charge in [0.05, 0.1) is 6.04 Å². The fraction of sp³-hybridized carbons (Fsp3) is 0.909. The van der Waals surface area contributed by atoms with Crippen LogP contribution < -0.4 is 11.1 Å². The smallest absolute Gasteiger partial charge is 0.234 e. The molecule has 0 aliphatic carbocycles. The maximum Gasteiger partial charge on any atom is 0.234 e. The third-order valence-electron chi connectivity index (χ3n) is 2.52. The summed E-state index contributed by atoms with van der Waals surface area (Å²) in [5, 5.41) is 3.10. The Morgan fingerprint density at radius 3 is 2.40 bits per heavy atom. The Labute approximate surface area is 93.2 Å². The molecule has 0 radical (unpaired) electrons. The predicted octanol–water partition coefficient (Wildman–Crippen LogP) is 0.572. The third-order valence-corrected chi connectivity index (χ3v) is 2.52. The zero-order chi connectivity index (χ0) is 11.7. The van der Waals surface area contributed by atoms with Crippen LogP contribution in [-0.4, -0.2) is 43.0 Å². The number of carbonyl (C=O) groups is 1. The van der Waals surface area contributed by atoms with Crippen molar-refractivity contribution in [3.8, 4) is 0 Å². The summed E-state index contributed by atoms with van der Waals surface area (Å²) in [6.45, 7) is 10.1. The number of nitrogens with zero attached hydrogens (tertiary/aromatic N) is 1. The van der Waals surface area contributed by atoms with E-state index in [1.807, 2.05) is 6.92 Å². The van der Waals surface area contributed by atoms with E-state index in [0.717, 1.165) is 39.0 Å². The summed E-state index contributed by atoms with van der Waals surface area (Å²) in [6.07, 6.45) is 1.95. The van der Waals surface area contributed by atoms with Gasteiger partial charge in [-0.15, -0.1) is 0 Å². The summed E-state index contributed by atoms with van der Waals surface area (Å²) in [5.74, 6) is -0.246. The van der Waals surface area contributed by atoms with Gasteiger partial charge in [-0.1, -0.05) is 20.8 Å². The first-order valence-electron chi connectivity index (χ1n) is 5.90. The van der Waals surface area contributed by atoms with Gasteiger partial charge in [0.1, 0.15) is 0 Å². The van der Waals surface area contributed by atoms with Gasteiger partial charge >= 0.3 is 0 Å². The average molecular weight is 215 g/mol. The summed E-state index contributed by atoms with van der Waals surface area (Å²) in [5.41, 5.74) is 5.30. The molecule has 1 amide bonds. The van der Waals surface area contributed by atoms with Gasteiger partial charge in [-0.25, -0.2) is 0 Å². The first-order valence-corrected chi connectivity index (χ1v) is 5.90. The molecule has 0 aromatic heterocycles. The molecular weight excluding hydrogens is 190 g/mol. The molecule has 3 N–H and O–H groups in total. The molecule has 90 valence electrons. The van der Waals surface area contributed by atoms with E-state index in [1.165, 1.54) is 0 Å². The molecule has 0 aliphatic heterocycles. The SMILES string of the molecule is CCCN(CC)CCC(NCC)C(N)=O. The second kappa shape index (κ2) is 8.68. The van der Waals surface area contributed by atoms with Gasteiger partial charge < -0.3 is 16.0 Å². The molecular formula is C11H25N3O. The van der Waals surface area contributed by atoms with Crippen LogP contribution in [0, 0.1) is 0 Å². The minimum Gasteiger partial charge on any atom is -0.368 e. The van der Waals surface area contributed by atoms with E-state index < -0.39 is 0 Å². The lowest BCUT2D eigenvalue weighted by molar-refractivity contribution is -0.120. The zero-order valence-corrected chi connectivity index (χ0v) is 10.3. The number of primary amides is 1. The highest BCUT2D eigenvalue weighted by Crippen LogP contribution is 1.97. The molecule has 0 heterocycles. The van der Waals surface area contributed by atoms with Crippen LogP contribution in [0.2, 0.25) is 0 Å². The molecule has 0 saturated carbocycles. The Morgan fingerprint density at radius 1 is 1.33 bits per heavy atom. The van der Waals surface area contributed by atoms with Crippen LogP contribution in [0.15, 0.2) is 0 Å². The maximum atomic E-state index is 11.1. The number of hydrogen-bond acceptors (Lipinski definition) is 3. The first-order chi connectivity index (χ1) is 7.15. The Bertz CT molecular complexity index is 173. The van der Waals surface area contributed by atoms with Gasteiger partial charge in [-0.2, -0.15) is 0 Å². The average Bonchev–Trinajstić information content (AvgIpc) is 2.21. The number of hydrogen-bond donors (Lipinski definition) is 2. The Morgan fingerprint density at radius 2 is 2.00 bits per heavy atom. The van der Waals surface area contributed by atoms with Crippen molar-refractivity contribution in [2.75, 3.05) is 26.2 Å². The molecule has 0 saturated heterocycles. The third kappa shape index (κ3) is 6.47. The second-order valence-electron chi connectivity index (χ2n) is 3.74. The Hall–Kier alpha value is -0.610. The van der Waals surface area contributed by atoms with Gasteiger partial charge in [-0.3, -0.25) is 4.79 Å². The molecule has 15 heavy (non-hydrogen) atoms. The quantitative estimate of drug-likeness (QED) is 0.591. The van der Waals surface area contributed by atoms with E-state index in [-0.39, 0.29) is 11.9 Å². The highest BCUT2D eigenvalue weighted by molar-refractivity contribution is 5.79. The summed E-state index contributed by atoms with van der Waals surface area (Å²) in [6, 6.07) is -0.180. The predicted molar refractivity (Wildman–Crippen MR) is 63.7 cm³/mol. The van der Waals surface area contributed by atoms with E-state index in [4.69, 9.17) is 5.73 Å². The largest absolute Gasteiger partial charge is 0.368 e. The Kier molecular flexibility index (Phi) is 8.33. The van der Waals surface area contributed by atoms with Crippen LogP contribution in [0.1, 0.15) is 33.6 Å². The molecule has 1 unspecified atom stereocenters. The maximum absolute atomic E-state index is 11.1. The second-order valence-corrected chi connectivity index (χ2v) is 3.74. The van der Waals surface area contributed by atoms with E-state index in [0.29, 0.717) is 0 Å². The van der Waals surface area contributed by atoms with Crippen LogP contribution in [0.25, 0.3) is 0 Å². The number of rotatable bonds is 9. The highest BCUT2D eigenvalue weighted by atomic mass is 16.1. The van der Waals surface area contributed by atoms with Crippen molar-refractivity contribution in [2.24, 2.45) is 5.73 Å². The first kappa shape index (κ1) is 14.4. The minimum absolute atomic E-state index is 0.180. The van der Waals surface area contributed by atoms with Crippen molar-refractivity contribution in [3.05, 3.63) is 0 Å². The molecule has 4 heteroatoms. The number of likely N-dealkylation sites (N-methyl/N-ethyl adjacent to an activating group) is 1. The van der Waals surface area contributed by atoms with Crippen molar-refractivity contribution < 1.29 is 4.79 Å². The van der Waals surface area contributed by atoms with Crippen molar-refractivity contribution in [1.82, 2.24) is 10.2 Å². The summed E-state index contributed by atoms with van der Waals surface area (Å²) in [7, 11) is 0. The minimum atomic E-state index is -0.246. The van der Waals surface area contributed by atoms with Crippen LogP contribution in [0.3, 0.4) is 0 Å². The van der Waals surface area contributed by atoms with Crippen LogP contribution >= 0.6 is 0 Å². The number of carbonyl (C=O) groups excluding carboxylic acids is 1. The van der Waals surface area contributed by atoms with Crippen molar-refractivity contribution >= 4 is 5.91 Å². The molecule has 0 aromatic rings.